The smallest absolute Gasteiger partial charge is 0.257 e. The average Bonchev–Trinajstić information content (AvgIpc) is 2.97. The molecule has 1 fully saturated rings. The number of rotatable bonds is 3. The third kappa shape index (κ3) is 3.67. The average molecular weight is 321 g/mol. The lowest BCUT2D eigenvalue weighted by atomic mass is 10.2. The molecule has 2 aromatic rings. The van der Waals surface area contributed by atoms with Gasteiger partial charge in [-0.3, -0.25) is 9.48 Å². The highest BCUT2D eigenvalue weighted by atomic mass is 35.5. The van der Waals surface area contributed by atoms with E-state index in [4.69, 9.17) is 0 Å². The van der Waals surface area contributed by atoms with Crippen LogP contribution in [0.1, 0.15) is 22.8 Å². The monoisotopic (exact) mass is 320 g/mol. The molecule has 1 aliphatic rings. The van der Waals surface area contributed by atoms with Gasteiger partial charge in [0.1, 0.15) is 0 Å². The summed E-state index contributed by atoms with van der Waals surface area (Å²) in [5, 5.41) is 7.60. The first kappa shape index (κ1) is 16.5. The largest absolute Gasteiger partial charge is 0.333 e. The zero-order chi connectivity index (χ0) is 14.7. The van der Waals surface area contributed by atoms with Gasteiger partial charge in [0, 0.05) is 31.9 Å². The molecule has 0 radical (unpaired) electrons. The van der Waals surface area contributed by atoms with E-state index >= 15 is 0 Å². The number of amides is 1. The van der Waals surface area contributed by atoms with E-state index in [0.29, 0.717) is 12.1 Å². The van der Waals surface area contributed by atoms with Gasteiger partial charge < -0.3 is 10.2 Å². The summed E-state index contributed by atoms with van der Waals surface area (Å²) in [6.45, 7) is 5.21. The zero-order valence-electron chi connectivity index (χ0n) is 12.6. The third-order valence-electron chi connectivity index (χ3n) is 3.83. The van der Waals surface area contributed by atoms with E-state index in [-0.39, 0.29) is 24.4 Å². The number of nitrogens with zero attached hydrogens (tertiary/aromatic N) is 3. The van der Waals surface area contributed by atoms with Crippen LogP contribution in [0.25, 0.3) is 0 Å². The molecule has 1 saturated heterocycles. The van der Waals surface area contributed by atoms with Crippen LogP contribution >= 0.6 is 12.4 Å². The van der Waals surface area contributed by atoms with Crippen LogP contribution in [0.4, 0.5) is 0 Å². The highest BCUT2D eigenvalue weighted by molar-refractivity contribution is 5.94. The van der Waals surface area contributed by atoms with Crippen LogP contribution in [0.2, 0.25) is 0 Å². The lowest BCUT2D eigenvalue weighted by Gasteiger charge is -2.33. The number of nitrogens with one attached hydrogen (secondary N) is 1. The van der Waals surface area contributed by atoms with Gasteiger partial charge in [0.05, 0.1) is 18.3 Å². The predicted molar refractivity (Wildman–Crippen MR) is 88.4 cm³/mol. The minimum atomic E-state index is 0. The Labute approximate surface area is 136 Å². The first-order valence-corrected chi connectivity index (χ1v) is 7.32. The lowest BCUT2D eigenvalue weighted by molar-refractivity contribution is 0.0655. The maximum atomic E-state index is 12.5. The summed E-state index contributed by atoms with van der Waals surface area (Å²) in [5.74, 6) is 0.0725. The standard InChI is InChI=1S/C16H20N4O.ClH/c1-13-9-17-7-8-20(13)16(21)15-10-18-19(12-15)11-14-5-3-2-4-6-14;/h2-6,10,12-13,17H,7-9,11H2,1H3;1H/t13-;/m1./s1. The molecule has 0 spiro atoms. The van der Waals surface area contributed by atoms with Crippen molar-refractivity contribution in [2.45, 2.75) is 19.5 Å². The lowest BCUT2D eigenvalue weighted by Crippen LogP contribution is -2.52. The molecular weight excluding hydrogens is 300 g/mol. The second-order valence-electron chi connectivity index (χ2n) is 5.46. The minimum absolute atomic E-state index is 0. The maximum Gasteiger partial charge on any atom is 0.257 e. The molecule has 1 aliphatic heterocycles. The van der Waals surface area contributed by atoms with Gasteiger partial charge in [-0.2, -0.15) is 5.10 Å². The summed E-state index contributed by atoms with van der Waals surface area (Å²) in [5.41, 5.74) is 1.84. The second kappa shape index (κ2) is 7.42. The summed E-state index contributed by atoms with van der Waals surface area (Å²) in [7, 11) is 0. The van der Waals surface area contributed by atoms with Crippen LogP contribution in [0.15, 0.2) is 42.7 Å². The molecule has 1 aromatic heterocycles. The van der Waals surface area contributed by atoms with Crippen LogP contribution in [0.3, 0.4) is 0 Å². The fourth-order valence-electron chi connectivity index (χ4n) is 2.64. The van der Waals surface area contributed by atoms with E-state index in [9.17, 15) is 4.79 Å². The van der Waals surface area contributed by atoms with Gasteiger partial charge in [-0.25, -0.2) is 0 Å². The van der Waals surface area contributed by atoms with Gasteiger partial charge in [-0.1, -0.05) is 30.3 Å². The number of hydrogen-bond acceptors (Lipinski definition) is 3. The fraction of sp³-hybridized carbons (Fsp3) is 0.375. The van der Waals surface area contributed by atoms with Crippen molar-refractivity contribution in [3.63, 3.8) is 0 Å². The molecule has 1 N–H and O–H groups in total. The number of carbonyl (C=O) groups is 1. The van der Waals surface area contributed by atoms with E-state index in [1.54, 1.807) is 6.20 Å². The number of aromatic nitrogens is 2. The van der Waals surface area contributed by atoms with Crippen LogP contribution in [-0.2, 0) is 6.54 Å². The molecule has 1 amide bonds. The topological polar surface area (TPSA) is 50.2 Å². The molecule has 118 valence electrons. The van der Waals surface area contributed by atoms with Gasteiger partial charge in [-0.15, -0.1) is 12.4 Å². The van der Waals surface area contributed by atoms with Gasteiger partial charge in [0.15, 0.2) is 0 Å². The molecule has 0 unspecified atom stereocenters. The molecule has 0 saturated carbocycles. The molecular formula is C16H21ClN4O. The Hall–Kier alpha value is -1.85. The molecule has 6 heteroatoms. The number of halogens is 1. The first-order valence-electron chi connectivity index (χ1n) is 7.32. The molecule has 22 heavy (non-hydrogen) atoms. The zero-order valence-corrected chi connectivity index (χ0v) is 13.4. The quantitative estimate of drug-likeness (QED) is 0.938. The Morgan fingerprint density at radius 3 is 2.86 bits per heavy atom. The van der Waals surface area contributed by atoms with Gasteiger partial charge >= 0.3 is 0 Å². The van der Waals surface area contributed by atoms with Crippen molar-refractivity contribution in [2.24, 2.45) is 0 Å². The van der Waals surface area contributed by atoms with Crippen molar-refractivity contribution < 1.29 is 4.79 Å². The molecule has 5 nitrogen and oxygen atoms in total. The molecule has 1 aromatic carbocycles. The Morgan fingerprint density at radius 1 is 1.36 bits per heavy atom. The number of benzene rings is 1. The van der Waals surface area contributed by atoms with Crippen molar-refractivity contribution in [1.29, 1.82) is 0 Å². The van der Waals surface area contributed by atoms with E-state index in [1.165, 1.54) is 5.56 Å². The highest BCUT2D eigenvalue weighted by Crippen LogP contribution is 2.11. The van der Waals surface area contributed by atoms with Crippen molar-refractivity contribution >= 4 is 18.3 Å². The highest BCUT2D eigenvalue weighted by Gasteiger charge is 2.24. The van der Waals surface area contributed by atoms with Crippen molar-refractivity contribution in [2.75, 3.05) is 19.6 Å². The molecule has 2 heterocycles. The summed E-state index contributed by atoms with van der Waals surface area (Å²) in [6.07, 6.45) is 3.50. The number of hydrogen-bond donors (Lipinski definition) is 1. The molecule has 1 atom stereocenters. The Balaban J connectivity index is 0.00000176. The molecule has 0 bridgehead atoms. The first-order chi connectivity index (χ1) is 10.2. The fourth-order valence-corrected chi connectivity index (χ4v) is 2.64. The number of piperazine rings is 1. The SMILES string of the molecule is C[C@@H]1CNCCN1C(=O)c1cnn(Cc2ccccc2)c1.Cl. The van der Waals surface area contributed by atoms with Gasteiger partial charge in [0.2, 0.25) is 0 Å². The summed E-state index contributed by atoms with van der Waals surface area (Å²) in [4.78, 5) is 14.4. The normalized spacial score (nSPS) is 17.9. The summed E-state index contributed by atoms with van der Waals surface area (Å²) in [6, 6.07) is 10.3. The maximum absolute atomic E-state index is 12.5. The predicted octanol–water partition coefficient (Wildman–Crippen LogP) is 1.79. The van der Waals surface area contributed by atoms with Gasteiger partial charge in [0.25, 0.3) is 5.91 Å². The second-order valence-corrected chi connectivity index (χ2v) is 5.46. The van der Waals surface area contributed by atoms with Crippen LogP contribution in [0.5, 0.6) is 0 Å². The Morgan fingerprint density at radius 2 is 2.14 bits per heavy atom. The van der Waals surface area contributed by atoms with Crippen molar-refractivity contribution in [3.05, 3.63) is 53.9 Å². The Kier molecular flexibility index (Phi) is 5.57. The van der Waals surface area contributed by atoms with Crippen molar-refractivity contribution in [3.8, 4) is 0 Å². The Bertz CT molecular complexity index is 614. The van der Waals surface area contributed by atoms with Crippen molar-refractivity contribution in [1.82, 2.24) is 20.0 Å². The number of carbonyl (C=O) groups excluding carboxylic acids is 1. The van der Waals surface area contributed by atoms with Crippen LogP contribution < -0.4 is 5.32 Å². The minimum Gasteiger partial charge on any atom is -0.333 e. The van der Waals surface area contributed by atoms with E-state index in [0.717, 1.165) is 19.6 Å². The molecule has 3 rings (SSSR count). The summed E-state index contributed by atoms with van der Waals surface area (Å²) < 4.78 is 1.81. The van der Waals surface area contributed by atoms with Gasteiger partial charge in [-0.05, 0) is 12.5 Å². The van der Waals surface area contributed by atoms with E-state index in [1.807, 2.05) is 34.0 Å². The van der Waals surface area contributed by atoms with Crippen LogP contribution in [0, 0.1) is 0 Å². The van der Waals surface area contributed by atoms with E-state index in [2.05, 4.69) is 29.5 Å². The third-order valence-corrected chi connectivity index (χ3v) is 3.83. The van der Waals surface area contributed by atoms with Crippen LogP contribution in [-0.4, -0.2) is 46.3 Å². The molecule has 0 aliphatic carbocycles. The summed E-state index contributed by atoms with van der Waals surface area (Å²) >= 11 is 0. The van der Waals surface area contributed by atoms with E-state index < -0.39 is 0 Å².